The zero-order valence-corrected chi connectivity index (χ0v) is 77.2. The molecule has 6 aromatic carbocycles. The minimum Gasteiger partial charge on any atom is -0.445 e. The first-order valence-corrected chi connectivity index (χ1v) is 46.9. The molecule has 9 N–H and O–H groups in total. The number of ketones is 1. The molecule has 0 saturated carbocycles. The number of carbonyl (C=O) groups excluding carboxylic acids is 3. The number of rotatable bonds is 21. The van der Waals surface area contributed by atoms with Gasteiger partial charge in [-0.15, -0.1) is 11.3 Å². The van der Waals surface area contributed by atoms with E-state index in [0.717, 1.165) is 107 Å². The third kappa shape index (κ3) is 22.2. The summed E-state index contributed by atoms with van der Waals surface area (Å²) < 4.78 is 12.1. The predicted molar refractivity (Wildman–Crippen MR) is 525 cm³/mol. The van der Waals surface area contributed by atoms with Crippen LogP contribution in [0.25, 0.3) is 71.6 Å². The molecule has 20 rings (SSSR count). The third-order valence-corrected chi connectivity index (χ3v) is 28.0. The summed E-state index contributed by atoms with van der Waals surface area (Å²) in [6, 6.07) is 63.0. The van der Waals surface area contributed by atoms with Gasteiger partial charge in [-0.25, -0.2) is 9.79 Å². The lowest BCUT2D eigenvalue weighted by atomic mass is 10.0. The fraction of sp³-hybridized carbons (Fsp3) is 0.371. The number of benzene rings is 6. The van der Waals surface area contributed by atoms with E-state index in [1.165, 1.54) is 190 Å². The molecule has 1 amide bonds. The average molecular weight is 1740 g/mol. The Balaban J connectivity index is 0.000000118. The Labute approximate surface area is 756 Å². The Morgan fingerprint density at radius 2 is 0.890 bits per heavy atom. The molecule has 0 radical (unpaired) electrons. The van der Waals surface area contributed by atoms with E-state index in [1.807, 2.05) is 72.4 Å². The van der Waals surface area contributed by atoms with Crippen LogP contribution in [-0.2, 0) is 35.4 Å². The van der Waals surface area contributed by atoms with E-state index in [4.69, 9.17) is 27.8 Å². The van der Waals surface area contributed by atoms with Gasteiger partial charge in [-0.3, -0.25) is 9.59 Å². The number of aryl methyl sites for hydroxylation is 9. The summed E-state index contributed by atoms with van der Waals surface area (Å²) in [6.45, 7) is 18.5. The minimum atomic E-state index is -0.409. The number of carbonyl (C=O) groups is 3. The second-order valence-corrected chi connectivity index (χ2v) is 37.0. The number of hydrogen-bond donors (Lipinski definition) is 7. The topological polar surface area (TPSA) is 235 Å². The molecule has 15 aromatic rings. The van der Waals surface area contributed by atoms with Crippen molar-refractivity contribution in [3.05, 3.63) is 279 Å². The van der Waals surface area contributed by atoms with Crippen molar-refractivity contribution in [2.75, 3.05) is 66.6 Å². The molecular formula is C105H127ClN16O4S. The van der Waals surface area contributed by atoms with Crippen molar-refractivity contribution in [3.8, 4) is 17.1 Å². The molecule has 0 aliphatic carbocycles. The van der Waals surface area contributed by atoms with Crippen LogP contribution in [0.4, 0.5) is 16.2 Å². The maximum atomic E-state index is 12.9. The number of amidine groups is 1. The van der Waals surface area contributed by atoms with Gasteiger partial charge >= 0.3 is 6.09 Å². The van der Waals surface area contributed by atoms with Crippen molar-refractivity contribution >= 4 is 112 Å². The predicted octanol–water partition coefficient (Wildman–Crippen LogP) is 22.4. The van der Waals surface area contributed by atoms with E-state index in [2.05, 4.69) is 273 Å². The number of fused-ring (bicyclic) bond motifs is 5. The summed E-state index contributed by atoms with van der Waals surface area (Å²) in [6.07, 6.45) is 30.0. The first kappa shape index (κ1) is 90.4. The van der Waals surface area contributed by atoms with Crippen molar-refractivity contribution < 1.29 is 19.1 Å². The maximum Gasteiger partial charge on any atom is 0.410 e. The Kier molecular flexibility index (Phi) is 29.9. The highest BCUT2D eigenvalue weighted by molar-refractivity contribution is 7.12. The SMILES string of the molecule is CN1CCC[C@H]1CCc1c[nH]c2ccc(N)cc12.CN1CCC[C@H]1CCc1c[nH]c2ccc(N=C(N)c3cccs3)cc12.Cc1ccc(C)n1-c1ccc2[nH]cc(C(=O)C[C@@H]3CCCN3C)c2c1.Cc1ccc(C)n1-c1ccc2[nH]cc(CC[C@@H]3CCCN3C)c2c1.Cc1ccc(C)n1-c1ccc2[nH]ccc2c1.O=C(Cl)C[C@@H]1CCCN1C(=O)OCc1ccccc1. The number of anilines is 1. The maximum absolute atomic E-state index is 12.9. The van der Waals surface area contributed by atoms with Gasteiger partial charge in [0.15, 0.2) is 5.78 Å². The van der Waals surface area contributed by atoms with Crippen molar-refractivity contribution in [3.63, 3.8) is 0 Å². The smallest absolute Gasteiger partial charge is 0.410 e. The van der Waals surface area contributed by atoms with Crippen molar-refractivity contribution in [1.29, 1.82) is 0 Å². The number of Topliss-reactive ketones (excluding diaryl/α,β-unsaturated/α-hetero) is 1. The van der Waals surface area contributed by atoms with Gasteiger partial charge in [0.05, 0.1) is 10.6 Å². The number of likely N-dealkylation sites (tertiary alicyclic amines) is 5. The van der Waals surface area contributed by atoms with Crippen LogP contribution in [0.1, 0.15) is 168 Å². The fourth-order valence-electron chi connectivity index (χ4n) is 19.7. The van der Waals surface area contributed by atoms with Gasteiger partial charge in [0.1, 0.15) is 12.4 Å². The summed E-state index contributed by atoms with van der Waals surface area (Å²) in [5, 5.41) is 7.82. The number of nitrogens with two attached hydrogens (primary N) is 2. The molecule has 20 nitrogen and oxygen atoms in total. The number of thiophene rings is 1. The number of hydrogen-bond acceptors (Lipinski definition) is 11. The Morgan fingerprint density at radius 1 is 0.449 bits per heavy atom. The summed E-state index contributed by atoms with van der Waals surface area (Å²) in [5.74, 6) is 0.821. The van der Waals surface area contributed by atoms with Gasteiger partial charge in [-0.1, -0.05) is 36.4 Å². The molecule has 22 heteroatoms. The molecule has 14 heterocycles. The minimum absolute atomic E-state index is 0.117. The van der Waals surface area contributed by atoms with Crippen LogP contribution in [0.2, 0.25) is 0 Å². The molecule has 0 bridgehead atoms. The van der Waals surface area contributed by atoms with Gasteiger partial charge in [-0.2, -0.15) is 0 Å². The van der Waals surface area contributed by atoms with Crippen LogP contribution in [0.15, 0.2) is 217 Å². The lowest BCUT2D eigenvalue weighted by molar-refractivity contribution is -0.112. The van der Waals surface area contributed by atoms with Crippen LogP contribution in [-0.4, -0.2) is 177 Å². The standard InChI is InChI=1S/C21H25N3O.C21H27N3.C20H24N4S.C15H21N3.C14H16ClNO3.C14H14N2/c1-14-6-7-15(2)24(14)17-8-9-20-18(11-17)19(13-22-20)21(25)12-16-5-4-10-23(16)3;1-15-6-7-16(2)24(15)19-10-11-21-20(13-19)17(14-22-21)8-9-18-5-4-12-23(18)3;1-24-10-2-4-16(24)8-6-14-13-22-18-9-7-15(12-17(14)18)23-20(21)19-5-3-11-25-19;1-18-8-2-3-13(18)6-4-11-10-17-15-7-5-12(16)9-14(11)15;15-13(17)9-12-7-4-8-16(12)14(18)19-10-11-5-2-1-3-6-11;1-10-3-4-11(2)16(10)13-5-6-14-12(9-13)7-8-15-14/h6-9,11,13,16,22H,4-5,10,12H2,1-3H3;6-7,10-11,13-14,18,22H,4-5,8-9,12H2,1-3H3;3,5,7,9,11-13,16,22H,2,4,6,8,10H2,1H3,(H2,21,23);5,7,9-10,13,17H,2-4,6,8,16H2,1H3;1-3,5-6,12H,4,7-10H2;3-9,15H,1-2H3/t16-;18-;16-;13-;12-;/m00000./s1. The second-order valence-electron chi connectivity index (χ2n) is 35.7. The van der Waals surface area contributed by atoms with E-state index in [-0.39, 0.29) is 30.9 Å². The zero-order valence-electron chi connectivity index (χ0n) is 75.7. The monoisotopic (exact) mass is 1740 g/mol. The Bertz CT molecular complexity index is 6170. The van der Waals surface area contributed by atoms with E-state index < -0.39 is 5.24 Å². The van der Waals surface area contributed by atoms with Crippen LogP contribution < -0.4 is 11.5 Å². The van der Waals surface area contributed by atoms with Crippen LogP contribution in [0.3, 0.4) is 0 Å². The molecule has 0 spiro atoms. The van der Waals surface area contributed by atoms with E-state index >= 15 is 0 Å². The summed E-state index contributed by atoms with van der Waals surface area (Å²) in [5.41, 5.74) is 36.7. The third-order valence-electron chi connectivity index (χ3n) is 27.0. The highest BCUT2D eigenvalue weighted by atomic mass is 35.5. The van der Waals surface area contributed by atoms with Gasteiger partial charge in [0.2, 0.25) is 5.24 Å². The normalized spacial score (nSPS) is 18.0. The van der Waals surface area contributed by atoms with E-state index in [9.17, 15) is 14.4 Å². The molecule has 5 fully saturated rings. The van der Waals surface area contributed by atoms with Crippen LogP contribution in [0.5, 0.6) is 0 Å². The lowest BCUT2D eigenvalue weighted by Gasteiger charge is -2.22. The number of nitrogen functional groups attached to an aromatic ring is 1. The van der Waals surface area contributed by atoms with Crippen LogP contribution >= 0.6 is 22.9 Å². The largest absolute Gasteiger partial charge is 0.445 e. The second kappa shape index (κ2) is 42.0. The number of aliphatic imine (C=N–C) groups is 1. The number of nitrogens with one attached hydrogen (secondary N) is 5. The lowest BCUT2D eigenvalue weighted by Crippen LogP contribution is -2.36. The Hall–Kier alpha value is -11.4. The zero-order chi connectivity index (χ0) is 88.8. The number of halogens is 1. The van der Waals surface area contributed by atoms with E-state index in [1.54, 1.807) is 16.2 Å². The van der Waals surface area contributed by atoms with Gasteiger partial charge in [-0.05, 0) is 377 Å². The Morgan fingerprint density at radius 3 is 1.39 bits per heavy atom. The number of H-pyrrole nitrogens is 5. The fourth-order valence-corrected chi connectivity index (χ4v) is 20.5. The molecule has 5 atom stereocenters. The van der Waals surface area contributed by atoms with Crippen molar-refractivity contribution in [1.82, 2.24) is 63.1 Å². The molecule has 664 valence electrons. The molecule has 5 aliphatic heterocycles. The summed E-state index contributed by atoms with van der Waals surface area (Å²) >= 11 is 7.00. The summed E-state index contributed by atoms with van der Waals surface area (Å²) in [4.78, 5) is 69.5. The molecular weight excluding hydrogens is 1620 g/mol. The van der Waals surface area contributed by atoms with Gasteiger partial charge < -0.3 is 79.3 Å². The number of aromatic amines is 5. The highest BCUT2D eigenvalue weighted by Gasteiger charge is 2.32. The van der Waals surface area contributed by atoms with Crippen LogP contribution in [0, 0.1) is 41.5 Å². The number of amides is 1. The van der Waals surface area contributed by atoms with Gasteiger partial charge in [0, 0.05) is 198 Å². The number of ether oxygens (including phenoxy) is 1. The van der Waals surface area contributed by atoms with Crippen molar-refractivity contribution in [2.45, 2.75) is 194 Å². The number of aromatic nitrogens is 8. The molecule has 127 heavy (non-hydrogen) atoms. The van der Waals surface area contributed by atoms with E-state index in [0.29, 0.717) is 24.8 Å². The van der Waals surface area contributed by atoms with Gasteiger partial charge in [0.25, 0.3) is 0 Å². The quantitative estimate of drug-likeness (QED) is 0.0118. The summed E-state index contributed by atoms with van der Waals surface area (Å²) in [7, 11) is 8.87. The number of nitrogens with zero attached hydrogens (tertiary/aromatic N) is 9. The first-order chi connectivity index (χ1) is 61.5. The van der Waals surface area contributed by atoms with Crippen molar-refractivity contribution in [2.24, 2.45) is 10.7 Å². The molecule has 9 aromatic heterocycles. The molecule has 5 aliphatic rings. The molecule has 5 saturated heterocycles. The average Bonchev–Trinajstić information content (AvgIpc) is 1.55. The highest BCUT2D eigenvalue weighted by Crippen LogP contribution is 2.34. The first-order valence-electron chi connectivity index (χ1n) is 45.6. The molecule has 0 unspecified atom stereocenters.